The van der Waals surface area contributed by atoms with Crippen molar-refractivity contribution in [2.45, 2.75) is 25.7 Å². The van der Waals surface area contributed by atoms with Crippen LogP contribution < -0.4 is 5.32 Å². The summed E-state index contributed by atoms with van der Waals surface area (Å²) >= 11 is 0. The molecular weight excluding hydrogens is 600 g/mol. The number of esters is 1. The Balaban J connectivity index is 0.933. The van der Waals surface area contributed by atoms with Gasteiger partial charge in [0.05, 0.1) is 58.4 Å². The average Bonchev–Trinajstić information content (AvgIpc) is 3.42. The first-order valence-corrected chi connectivity index (χ1v) is 16.5. The van der Waals surface area contributed by atoms with Crippen LogP contribution in [0.15, 0.2) is 72.8 Å². The van der Waals surface area contributed by atoms with E-state index in [1.807, 2.05) is 36.4 Å². The summed E-state index contributed by atoms with van der Waals surface area (Å²) in [4.78, 5) is 26.3. The molecule has 1 aliphatic rings. The number of nitrogens with one attached hydrogen (secondary N) is 1. The summed E-state index contributed by atoms with van der Waals surface area (Å²) in [7, 11) is 1.71. The van der Waals surface area contributed by atoms with E-state index in [0.29, 0.717) is 71.6 Å². The third kappa shape index (κ3) is 11.7. The van der Waals surface area contributed by atoms with Gasteiger partial charge in [0.25, 0.3) is 0 Å². The van der Waals surface area contributed by atoms with Gasteiger partial charge >= 0.3 is 12.1 Å². The maximum Gasteiger partial charge on any atom is 0.409 e. The molecule has 10 heteroatoms. The van der Waals surface area contributed by atoms with E-state index in [1.54, 1.807) is 19.2 Å². The highest BCUT2D eigenvalue weighted by Gasteiger charge is 2.29. The van der Waals surface area contributed by atoms with E-state index in [9.17, 15) is 9.59 Å². The molecule has 0 aromatic heterocycles. The van der Waals surface area contributed by atoms with E-state index in [0.717, 1.165) is 25.1 Å². The van der Waals surface area contributed by atoms with Gasteiger partial charge in [0.15, 0.2) is 0 Å². The molecule has 1 amide bonds. The summed E-state index contributed by atoms with van der Waals surface area (Å²) in [5.74, 6) is -0.331. The van der Waals surface area contributed by atoms with E-state index in [2.05, 4.69) is 36.5 Å². The first kappa shape index (κ1) is 35.9. The van der Waals surface area contributed by atoms with Crippen LogP contribution in [0.4, 0.5) is 10.5 Å². The maximum atomic E-state index is 12.6. The van der Waals surface area contributed by atoms with Gasteiger partial charge in [0.1, 0.15) is 13.2 Å². The van der Waals surface area contributed by atoms with Crippen LogP contribution in [0.3, 0.4) is 0 Å². The molecule has 0 spiro atoms. The topological polar surface area (TPSA) is 105 Å². The Morgan fingerprint density at radius 3 is 1.79 bits per heavy atom. The van der Waals surface area contributed by atoms with Crippen molar-refractivity contribution in [1.82, 2.24) is 4.90 Å². The highest BCUT2D eigenvalue weighted by Crippen LogP contribution is 2.44. The molecule has 4 rings (SSSR count). The highest BCUT2D eigenvalue weighted by atomic mass is 16.6. The van der Waals surface area contributed by atoms with E-state index in [-0.39, 0.29) is 24.6 Å². The van der Waals surface area contributed by atoms with E-state index in [4.69, 9.17) is 28.4 Å². The van der Waals surface area contributed by atoms with Crippen LogP contribution in [-0.2, 0) is 28.4 Å². The number of rotatable bonds is 22. The number of amides is 1. The van der Waals surface area contributed by atoms with Gasteiger partial charge in [-0.2, -0.15) is 0 Å². The van der Waals surface area contributed by atoms with E-state index in [1.165, 1.54) is 27.2 Å². The molecule has 0 saturated heterocycles. The molecule has 1 N–H and O–H groups in total. The van der Waals surface area contributed by atoms with Crippen LogP contribution in [0, 0.1) is 0 Å². The Bertz CT molecular complexity index is 1320. The van der Waals surface area contributed by atoms with Gasteiger partial charge in [0, 0.05) is 31.7 Å². The molecule has 3 aromatic rings. The van der Waals surface area contributed by atoms with Crippen molar-refractivity contribution in [3.63, 3.8) is 0 Å². The van der Waals surface area contributed by atoms with E-state index < -0.39 is 0 Å². The molecule has 0 fully saturated rings. The van der Waals surface area contributed by atoms with Gasteiger partial charge in [-0.3, -0.25) is 0 Å². The number of likely N-dealkylation sites (N-methyl/N-ethyl adjacent to an activating group) is 1. The van der Waals surface area contributed by atoms with Crippen LogP contribution in [0.2, 0.25) is 0 Å². The second kappa shape index (κ2) is 20.3. The monoisotopic (exact) mass is 648 g/mol. The van der Waals surface area contributed by atoms with Gasteiger partial charge in [-0.25, -0.2) is 9.59 Å². The lowest BCUT2D eigenvalue weighted by atomic mass is 9.98. The lowest BCUT2D eigenvalue weighted by molar-refractivity contribution is -0.00997. The minimum absolute atomic E-state index is 0.0357. The van der Waals surface area contributed by atoms with Crippen molar-refractivity contribution in [2.75, 3.05) is 91.5 Å². The van der Waals surface area contributed by atoms with Crippen molar-refractivity contribution in [1.29, 1.82) is 0 Å². The average molecular weight is 649 g/mol. The fraction of sp³-hybridized carbons (Fsp3) is 0.459. The predicted octanol–water partition coefficient (Wildman–Crippen LogP) is 6.00. The SMILES string of the molecule is CCCCNc1ccc(C(=O)OCCOCCOCCOCCOCCN(C)C(=O)OCC2c3ccccc3-c3ccccc32)cc1. The number of nitrogens with zero attached hydrogens (tertiary/aromatic N) is 1. The number of anilines is 1. The van der Waals surface area contributed by atoms with Gasteiger partial charge in [-0.05, 0) is 52.9 Å². The normalized spacial score (nSPS) is 12.0. The van der Waals surface area contributed by atoms with Crippen molar-refractivity contribution in [3.8, 4) is 11.1 Å². The lowest BCUT2D eigenvalue weighted by Gasteiger charge is -2.19. The summed E-state index contributed by atoms with van der Waals surface area (Å²) in [6, 6.07) is 23.8. The summed E-state index contributed by atoms with van der Waals surface area (Å²) in [6.45, 7) is 7.18. The standard InChI is InChI=1S/C37H48N2O8/c1-3-4-17-38-30-15-13-29(14-16-30)36(40)46-27-26-45-25-24-44-23-22-43-21-20-42-19-18-39(2)37(41)47-28-35-33-11-7-5-9-31(33)32-10-6-8-12-34(32)35/h5-16,35,38H,3-4,17-28H2,1-2H3. The van der Waals surface area contributed by atoms with Gasteiger partial charge in [0.2, 0.25) is 0 Å². The zero-order chi connectivity index (χ0) is 33.1. The molecule has 0 aliphatic heterocycles. The summed E-state index contributed by atoms with van der Waals surface area (Å²) in [6.07, 6.45) is 1.87. The predicted molar refractivity (Wildman–Crippen MR) is 181 cm³/mol. The summed E-state index contributed by atoms with van der Waals surface area (Å²) < 4.78 is 33.0. The van der Waals surface area contributed by atoms with Crippen molar-refractivity contribution in [2.24, 2.45) is 0 Å². The Morgan fingerprint density at radius 2 is 1.21 bits per heavy atom. The molecule has 0 heterocycles. The number of hydrogen-bond acceptors (Lipinski definition) is 9. The Labute approximate surface area is 278 Å². The zero-order valence-corrected chi connectivity index (χ0v) is 27.6. The number of hydrogen-bond donors (Lipinski definition) is 1. The zero-order valence-electron chi connectivity index (χ0n) is 27.6. The van der Waals surface area contributed by atoms with Crippen molar-refractivity contribution in [3.05, 3.63) is 89.5 Å². The molecule has 0 radical (unpaired) electrons. The van der Waals surface area contributed by atoms with E-state index >= 15 is 0 Å². The highest BCUT2D eigenvalue weighted by molar-refractivity contribution is 5.89. The van der Waals surface area contributed by atoms with Crippen LogP contribution in [0.5, 0.6) is 0 Å². The van der Waals surface area contributed by atoms with Crippen LogP contribution in [-0.4, -0.2) is 103 Å². The first-order valence-electron chi connectivity index (χ1n) is 16.5. The number of ether oxygens (including phenoxy) is 6. The quantitative estimate of drug-likeness (QED) is 0.104. The smallest absolute Gasteiger partial charge is 0.409 e. The fourth-order valence-corrected chi connectivity index (χ4v) is 5.17. The minimum atomic E-state index is -0.370. The van der Waals surface area contributed by atoms with Gasteiger partial charge in [-0.15, -0.1) is 0 Å². The third-order valence-corrected chi connectivity index (χ3v) is 7.78. The Kier molecular flexibility index (Phi) is 15.5. The molecular formula is C37H48N2O8. The van der Waals surface area contributed by atoms with Crippen molar-refractivity contribution < 1.29 is 38.0 Å². The fourth-order valence-electron chi connectivity index (χ4n) is 5.17. The lowest BCUT2D eigenvalue weighted by Crippen LogP contribution is -2.32. The second-order valence-electron chi connectivity index (χ2n) is 11.2. The third-order valence-electron chi connectivity index (χ3n) is 7.78. The molecule has 3 aromatic carbocycles. The van der Waals surface area contributed by atoms with Crippen LogP contribution >= 0.6 is 0 Å². The molecule has 0 unspecified atom stereocenters. The number of benzene rings is 3. The maximum absolute atomic E-state index is 12.6. The minimum Gasteiger partial charge on any atom is -0.460 e. The summed E-state index contributed by atoms with van der Waals surface area (Å²) in [5, 5.41) is 3.32. The number of unbranched alkanes of at least 4 members (excludes halogenated alkanes) is 1. The van der Waals surface area contributed by atoms with Crippen molar-refractivity contribution >= 4 is 17.7 Å². The Morgan fingerprint density at radius 1 is 0.681 bits per heavy atom. The number of carbonyl (C=O) groups excluding carboxylic acids is 2. The molecule has 0 bridgehead atoms. The first-order chi connectivity index (χ1) is 23.1. The largest absolute Gasteiger partial charge is 0.460 e. The molecule has 0 saturated carbocycles. The Hall–Kier alpha value is -3.96. The van der Waals surface area contributed by atoms with Crippen LogP contribution in [0.25, 0.3) is 11.1 Å². The van der Waals surface area contributed by atoms with Crippen LogP contribution in [0.1, 0.15) is 47.2 Å². The van der Waals surface area contributed by atoms with Gasteiger partial charge in [-0.1, -0.05) is 61.9 Å². The molecule has 1 aliphatic carbocycles. The van der Waals surface area contributed by atoms with Gasteiger partial charge < -0.3 is 38.6 Å². The number of carbonyl (C=O) groups is 2. The molecule has 10 nitrogen and oxygen atoms in total. The summed E-state index contributed by atoms with van der Waals surface area (Å²) in [5.41, 5.74) is 6.29. The molecule has 47 heavy (non-hydrogen) atoms. The molecule has 254 valence electrons. The second-order valence-corrected chi connectivity index (χ2v) is 11.2. The molecule has 0 atom stereocenters. The number of fused-ring (bicyclic) bond motifs is 3.